The van der Waals surface area contributed by atoms with Crippen molar-refractivity contribution >= 4 is 22.6 Å². The summed E-state index contributed by atoms with van der Waals surface area (Å²) in [6.45, 7) is 4.48. The van der Waals surface area contributed by atoms with Crippen LogP contribution in [0.2, 0.25) is 0 Å². The average molecular weight is 514 g/mol. The molecule has 2 aromatic heterocycles. The third kappa shape index (κ3) is 5.02. The largest absolute Gasteiger partial charge is 0.454 e. The molecule has 4 heterocycles. The lowest BCUT2D eigenvalue weighted by molar-refractivity contribution is 0.0507. The maximum Gasteiger partial charge on any atom is 0.254 e. The molecule has 1 saturated heterocycles. The number of benzene rings is 2. The standard InChI is InChI=1S/C29H31N5O4/c1-19-5-7-25-21(12-19)13-22(28(31-25)33(2)16-23-9-10-30-32-23)15-34(17-24-4-3-11-36-24)29(35)20-6-8-26-27(14-20)38-18-37-26/h5-10,12-14,24H,3-4,11,15-18H2,1-2H3,(H,30,32). The highest BCUT2D eigenvalue weighted by Crippen LogP contribution is 2.33. The van der Waals surface area contributed by atoms with Gasteiger partial charge in [-0.15, -0.1) is 0 Å². The van der Waals surface area contributed by atoms with Crippen molar-refractivity contribution < 1.29 is 19.0 Å². The first-order chi connectivity index (χ1) is 18.5. The van der Waals surface area contributed by atoms with Gasteiger partial charge in [0.15, 0.2) is 11.5 Å². The summed E-state index contributed by atoms with van der Waals surface area (Å²) >= 11 is 0. The smallest absolute Gasteiger partial charge is 0.254 e. The Morgan fingerprint density at radius 3 is 2.79 bits per heavy atom. The molecule has 0 saturated carbocycles. The summed E-state index contributed by atoms with van der Waals surface area (Å²) in [6, 6.07) is 15.7. The van der Waals surface area contributed by atoms with Crippen LogP contribution in [0, 0.1) is 6.92 Å². The molecule has 1 N–H and O–H groups in total. The number of hydrogen-bond acceptors (Lipinski definition) is 7. The van der Waals surface area contributed by atoms with Crippen molar-refractivity contribution in [2.75, 3.05) is 31.9 Å². The molecule has 0 radical (unpaired) electrons. The van der Waals surface area contributed by atoms with Gasteiger partial charge in [-0.1, -0.05) is 11.6 Å². The fourth-order valence-corrected chi connectivity index (χ4v) is 5.15. The molecule has 9 nitrogen and oxygen atoms in total. The monoisotopic (exact) mass is 513 g/mol. The second kappa shape index (κ2) is 10.3. The van der Waals surface area contributed by atoms with Crippen LogP contribution < -0.4 is 14.4 Å². The molecule has 2 aromatic carbocycles. The fourth-order valence-electron chi connectivity index (χ4n) is 5.15. The van der Waals surface area contributed by atoms with Crippen LogP contribution in [0.3, 0.4) is 0 Å². The number of ether oxygens (including phenoxy) is 3. The zero-order valence-corrected chi connectivity index (χ0v) is 21.6. The van der Waals surface area contributed by atoms with Crippen molar-refractivity contribution in [3.05, 3.63) is 77.1 Å². The number of aromatic amines is 1. The van der Waals surface area contributed by atoms with Crippen molar-refractivity contribution in [3.63, 3.8) is 0 Å². The summed E-state index contributed by atoms with van der Waals surface area (Å²) < 4.78 is 16.9. The van der Waals surface area contributed by atoms with E-state index in [1.54, 1.807) is 24.4 Å². The van der Waals surface area contributed by atoms with Gasteiger partial charge in [0.1, 0.15) is 5.82 Å². The molecule has 38 heavy (non-hydrogen) atoms. The summed E-state index contributed by atoms with van der Waals surface area (Å²) in [5.41, 5.74) is 4.59. The average Bonchev–Trinajstić information content (AvgIpc) is 3.70. The van der Waals surface area contributed by atoms with Crippen molar-refractivity contribution in [3.8, 4) is 11.5 Å². The molecule has 1 atom stereocenters. The number of aromatic nitrogens is 3. The van der Waals surface area contributed by atoms with Crippen LogP contribution in [-0.2, 0) is 17.8 Å². The molecule has 2 aliphatic rings. The van der Waals surface area contributed by atoms with Crippen LogP contribution in [0.15, 0.2) is 54.7 Å². The SMILES string of the molecule is Cc1ccc2nc(N(C)Cc3ccn[nH]3)c(CN(CC3CCCO3)C(=O)c3ccc4c(c3)OCO4)cc2c1. The van der Waals surface area contributed by atoms with E-state index in [4.69, 9.17) is 19.2 Å². The Morgan fingerprint density at radius 2 is 1.97 bits per heavy atom. The molecule has 9 heteroatoms. The number of H-pyrrole nitrogens is 1. The molecular formula is C29H31N5O4. The fraction of sp³-hybridized carbons (Fsp3) is 0.345. The van der Waals surface area contributed by atoms with E-state index in [2.05, 4.69) is 40.2 Å². The minimum atomic E-state index is -0.0784. The Labute approximate surface area is 221 Å². The number of hydrogen-bond donors (Lipinski definition) is 1. The molecule has 1 fully saturated rings. The molecule has 4 aromatic rings. The second-order valence-electron chi connectivity index (χ2n) is 9.99. The summed E-state index contributed by atoms with van der Waals surface area (Å²) in [4.78, 5) is 22.9. The van der Waals surface area contributed by atoms with E-state index in [1.165, 1.54) is 0 Å². The van der Waals surface area contributed by atoms with E-state index in [-0.39, 0.29) is 18.8 Å². The van der Waals surface area contributed by atoms with Gasteiger partial charge in [0.05, 0.1) is 23.9 Å². The summed E-state index contributed by atoms with van der Waals surface area (Å²) in [7, 11) is 2.01. The van der Waals surface area contributed by atoms with Gasteiger partial charge < -0.3 is 24.0 Å². The van der Waals surface area contributed by atoms with Crippen LogP contribution in [0.1, 0.15) is 40.0 Å². The Balaban J connectivity index is 1.37. The zero-order chi connectivity index (χ0) is 26.1. The van der Waals surface area contributed by atoms with E-state index in [9.17, 15) is 4.79 Å². The molecule has 0 spiro atoms. The number of carbonyl (C=O) groups is 1. The van der Waals surface area contributed by atoms with E-state index in [1.807, 2.05) is 24.1 Å². The maximum absolute atomic E-state index is 13.9. The predicted octanol–water partition coefficient (Wildman–Crippen LogP) is 4.45. The third-order valence-electron chi connectivity index (χ3n) is 7.07. The van der Waals surface area contributed by atoms with Crippen molar-refractivity contribution in [2.45, 2.75) is 39.0 Å². The van der Waals surface area contributed by atoms with Crippen molar-refractivity contribution in [1.29, 1.82) is 0 Å². The van der Waals surface area contributed by atoms with Gasteiger partial charge in [-0.3, -0.25) is 9.89 Å². The Hall–Kier alpha value is -4.11. The summed E-state index contributed by atoms with van der Waals surface area (Å²) in [5.74, 6) is 2.00. The lowest BCUT2D eigenvalue weighted by Gasteiger charge is -2.28. The zero-order valence-electron chi connectivity index (χ0n) is 21.6. The number of nitrogens with zero attached hydrogens (tertiary/aromatic N) is 4. The molecule has 1 unspecified atom stereocenters. The number of pyridine rings is 1. The molecule has 1 amide bonds. The van der Waals surface area contributed by atoms with Gasteiger partial charge in [-0.2, -0.15) is 5.10 Å². The van der Waals surface area contributed by atoms with Gasteiger partial charge in [0, 0.05) is 49.5 Å². The Bertz CT molecular complexity index is 1450. The number of aryl methyl sites for hydroxylation is 1. The number of anilines is 1. The van der Waals surface area contributed by atoms with Gasteiger partial charge in [-0.25, -0.2) is 4.98 Å². The van der Waals surface area contributed by atoms with Crippen LogP contribution in [-0.4, -0.2) is 59.1 Å². The summed E-state index contributed by atoms with van der Waals surface area (Å²) in [5, 5.41) is 8.16. The highest BCUT2D eigenvalue weighted by molar-refractivity contribution is 5.95. The van der Waals surface area contributed by atoms with Crippen LogP contribution >= 0.6 is 0 Å². The van der Waals surface area contributed by atoms with Gasteiger partial charge in [0.25, 0.3) is 5.91 Å². The molecule has 6 rings (SSSR count). The van der Waals surface area contributed by atoms with E-state index < -0.39 is 0 Å². The van der Waals surface area contributed by atoms with E-state index >= 15 is 0 Å². The number of carbonyl (C=O) groups excluding carboxylic acids is 1. The summed E-state index contributed by atoms with van der Waals surface area (Å²) in [6.07, 6.45) is 3.70. The molecule has 196 valence electrons. The topological polar surface area (TPSA) is 92.8 Å². The van der Waals surface area contributed by atoms with Crippen LogP contribution in [0.4, 0.5) is 5.82 Å². The number of nitrogens with one attached hydrogen (secondary N) is 1. The van der Waals surface area contributed by atoms with Crippen LogP contribution in [0.25, 0.3) is 10.9 Å². The molecule has 0 bridgehead atoms. The molecule has 0 aliphatic carbocycles. The lowest BCUT2D eigenvalue weighted by Crippen LogP contribution is -2.37. The highest BCUT2D eigenvalue weighted by Gasteiger charge is 2.27. The number of rotatable bonds is 8. The van der Waals surface area contributed by atoms with Crippen LogP contribution in [0.5, 0.6) is 11.5 Å². The second-order valence-corrected chi connectivity index (χ2v) is 9.99. The highest BCUT2D eigenvalue weighted by atomic mass is 16.7. The predicted molar refractivity (Wildman–Crippen MR) is 143 cm³/mol. The number of fused-ring (bicyclic) bond motifs is 2. The van der Waals surface area contributed by atoms with Gasteiger partial charge in [-0.05, 0) is 62.2 Å². The Kier molecular flexibility index (Phi) is 6.59. The lowest BCUT2D eigenvalue weighted by atomic mass is 10.1. The van der Waals surface area contributed by atoms with Crippen molar-refractivity contribution in [2.24, 2.45) is 0 Å². The molecule has 2 aliphatic heterocycles. The first kappa shape index (κ1) is 24.2. The third-order valence-corrected chi connectivity index (χ3v) is 7.07. The Morgan fingerprint density at radius 1 is 1.08 bits per heavy atom. The quantitative estimate of drug-likeness (QED) is 0.372. The maximum atomic E-state index is 13.9. The van der Waals surface area contributed by atoms with Gasteiger partial charge >= 0.3 is 0 Å². The van der Waals surface area contributed by atoms with Gasteiger partial charge in [0.2, 0.25) is 6.79 Å². The van der Waals surface area contributed by atoms with E-state index in [0.717, 1.165) is 53.0 Å². The normalized spacial score (nSPS) is 16.2. The number of amides is 1. The minimum absolute atomic E-state index is 0.00907. The first-order valence-electron chi connectivity index (χ1n) is 12.9. The first-order valence-corrected chi connectivity index (χ1v) is 12.9. The van der Waals surface area contributed by atoms with E-state index in [0.29, 0.717) is 36.7 Å². The molecular weight excluding hydrogens is 482 g/mol. The minimum Gasteiger partial charge on any atom is -0.454 e. The van der Waals surface area contributed by atoms with Crippen molar-refractivity contribution in [1.82, 2.24) is 20.1 Å².